The van der Waals surface area contributed by atoms with Gasteiger partial charge in [-0.05, 0) is 36.7 Å². The molecule has 6 nitrogen and oxygen atoms in total. The Morgan fingerprint density at radius 3 is 2.90 bits per heavy atom. The van der Waals surface area contributed by atoms with Crippen LogP contribution in [-0.2, 0) is 0 Å². The summed E-state index contributed by atoms with van der Waals surface area (Å²) in [5.74, 6) is 0.964. The molecule has 106 valence electrons. The van der Waals surface area contributed by atoms with Crippen LogP contribution in [0.1, 0.15) is 16.2 Å². The summed E-state index contributed by atoms with van der Waals surface area (Å²) in [6.45, 7) is 1.82. The minimum atomic E-state index is -0.336. The molecule has 1 aromatic carbocycles. The van der Waals surface area contributed by atoms with Crippen molar-refractivity contribution in [2.45, 2.75) is 6.92 Å². The Bertz CT molecular complexity index is 794. The van der Waals surface area contributed by atoms with Crippen molar-refractivity contribution in [2.75, 3.05) is 5.32 Å². The van der Waals surface area contributed by atoms with Crippen LogP contribution in [0, 0.1) is 6.92 Å². The van der Waals surface area contributed by atoms with Gasteiger partial charge in [0.25, 0.3) is 5.91 Å². The van der Waals surface area contributed by atoms with Crippen LogP contribution in [0.5, 0.6) is 0 Å². The molecule has 0 aliphatic heterocycles. The molecule has 2 aromatic heterocycles. The molecule has 0 bridgehead atoms. The molecule has 0 unspecified atom stereocenters. The van der Waals surface area contributed by atoms with E-state index in [0.29, 0.717) is 11.5 Å². The average Bonchev–Trinajstić information content (AvgIpc) is 3.08. The summed E-state index contributed by atoms with van der Waals surface area (Å²) in [6.07, 6.45) is 1.37. The lowest BCUT2D eigenvalue weighted by atomic mass is 10.2. The van der Waals surface area contributed by atoms with Gasteiger partial charge in [-0.25, -0.2) is 4.98 Å². The van der Waals surface area contributed by atoms with Gasteiger partial charge < -0.3 is 9.73 Å². The lowest BCUT2D eigenvalue weighted by Crippen LogP contribution is -2.11. The number of rotatable bonds is 3. The third kappa shape index (κ3) is 2.80. The summed E-state index contributed by atoms with van der Waals surface area (Å²) in [6, 6.07) is 8.75. The molecule has 0 radical (unpaired) electrons. The van der Waals surface area contributed by atoms with Gasteiger partial charge in [-0.3, -0.25) is 9.89 Å². The molecule has 0 atom stereocenters. The van der Waals surface area contributed by atoms with Gasteiger partial charge in [0, 0.05) is 11.3 Å². The van der Waals surface area contributed by atoms with Gasteiger partial charge >= 0.3 is 0 Å². The van der Waals surface area contributed by atoms with E-state index >= 15 is 0 Å². The molecule has 0 saturated carbocycles. The van der Waals surface area contributed by atoms with Crippen molar-refractivity contribution >= 4 is 23.2 Å². The van der Waals surface area contributed by atoms with Gasteiger partial charge in [-0.15, -0.1) is 0 Å². The van der Waals surface area contributed by atoms with Crippen molar-refractivity contribution in [1.82, 2.24) is 15.2 Å². The first-order chi connectivity index (χ1) is 10.1. The molecular weight excluding hydrogens is 292 g/mol. The van der Waals surface area contributed by atoms with Gasteiger partial charge in [0.1, 0.15) is 5.82 Å². The van der Waals surface area contributed by atoms with Crippen LogP contribution >= 0.6 is 11.6 Å². The van der Waals surface area contributed by atoms with Crippen molar-refractivity contribution in [1.29, 1.82) is 0 Å². The number of aromatic nitrogens is 3. The number of nitrogens with one attached hydrogen (secondary N) is 2. The molecule has 0 aliphatic carbocycles. The second-order valence-electron chi connectivity index (χ2n) is 4.39. The standard InChI is InChI=1S/C14H11ClN4O2/c1-8-16-13(19-18-8)9-3-2-4-10(7-9)17-14(20)11-5-6-21-12(11)15/h2-7H,1H3,(H,17,20)(H,16,18,19). The number of benzene rings is 1. The fraction of sp³-hybridized carbons (Fsp3) is 0.0714. The summed E-state index contributed by atoms with van der Waals surface area (Å²) in [7, 11) is 0. The normalized spacial score (nSPS) is 10.6. The van der Waals surface area contributed by atoms with Crippen LogP contribution in [0.2, 0.25) is 5.22 Å². The molecular formula is C14H11ClN4O2. The number of aryl methyl sites for hydroxylation is 1. The largest absolute Gasteiger partial charge is 0.452 e. The first kappa shape index (κ1) is 13.4. The molecule has 3 rings (SSSR count). The highest BCUT2D eigenvalue weighted by molar-refractivity contribution is 6.32. The molecule has 1 amide bonds. The zero-order chi connectivity index (χ0) is 14.8. The van der Waals surface area contributed by atoms with Crippen LogP contribution < -0.4 is 5.32 Å². The zero-order valence-electron chi connectivity index (χ0n) is 11.1. The number of anilines is 1. The van der Waals surface area contributed by atoms with E-state index < -0.39 is 0 Å². The number of carbonyl (C=O) groups excluding carboxylic acids is 1. The fourth-order valence-corrected chi connectivity index (χ4v) is 2.06. The molecule has 2 N–H and O–H groups in total. The number of halogens is 1. The lowest BCUT2D eigenvalue weighted by Gasteiger charge is -2.05. The van der Waals surface area contributed by atoms with Gasteiger partial charge in [0.15, 0.2) is 5.82 Å². The third-order valence-electron chi connectivity index (χ3n) is 2.84. The van der Waals surface area contributed by atoms with Crippen LogP contribution in [0.3, 0.4) is 0 Å². The van der Waals surface area contributed by atoms with Gasteiger partial charge in [0.05, 0.1) is 11.8 Å². The van der Waals surface area contributed by atoms with Crippen molar-refractivity contribution in [3.8, 4) is 11.4 Å². The smallest absolute Gasteiger partial charge is 0.260 e. The molecule has 21 heavy (non-hydrogen) atoms. The average molecular weight is 303 g/mol. The van der Waals surface area contributed by atoms with E-state index in [2.05, 4.69) is 20.5 Å². The van der Waals surface area contributed by atoms with Crippen molar-refractivity contribution < 1.29 is 9.21 Å². The molecule has 7 heteroatoms. The number of hydrogen-bond donors (Lipinski definition) is 2. The number of hydrogen-bond acceptors (Lipinski definition) is 4. The van der Waals surface area contributed by atoms with Crippen molar-refractivity contribution in [2.24, 2.45) is 0 Å². The maximum absolute atomic E-state index is 12.1. The number of carbonyl (C=O) groups is 1. The number of nitrogens with zero attached hydrogens (tertiary/aromatic N) is 2. The van der Waals surface area contributed by atoms with Crippen LogP contribution in [-0.4, -0.2) is 21.1 Å². The second-order valence-corrected chi connectivity index (χ2v) is 4.73. The highest BCUT2D eigenvalue weighted by Crippen LogP contribution is 2.22. The second kappa shape index (κ2) is 5.41. The summed E-state index contributed by atoms with van der Waals surface area (Å²) in [5.41, 5.74) is 1.71. The third-order valence-corrected chi connectivity index (χ3v) is 3.13. The Labute approximate surface area is 125 Å². The summed E-state index contributed by atoms with van der Waals surface area (Å²) in [5, 5.41) is 9.68. The van der Waals surface area contributed by atoms with Gasteiger partial charge in [-0.2, -0.15) is 5.10 Å². The van der Waals surface area contributed by atoms with E-state index in [1.54, 1.807) is 12.1 Å². The van der Waals surface area contributed by atoms with E-state index in [0.717, 1.165) is 11.4 Å². The topological polar surface area (TPSA) is 83.8 Å². The Balaban J connectivity index is 1.84. The number of aromatic amines is 1. The molecule has 0 spiro atoms. The highest BCUT2D eigenvalue weighted by Gasteiger charge is 2.13. The maximum Gasteiger partial charge on any atom is 0.260 e. The highest BCUT2D eigenvalue weighted by atomic mass is 35.5. The Morgan fingerprint density at radius 2 is 2.24 bits per heavy atom. The lowest BCUT2D eigenvalue weighted by molar-refractivity contribution is 0.102. The number of furan rings is 1. The SMILES string of the molecule is Cc1nc(-c2cccc(NC(=O)c3ccoc3Cl)c2)n[nH]1. The molecule has 3 aromatic rings. The first-order valence-electron chi connectivity index (χ1n) is 6.17. The summed E-state index contributed by atoms with van der Waals surface area (Å²) < 4.78 is 4.90. The summed E-state index contributed by atoms with van der Waals surface area (Å²) >= 11 is 5.78. The van der Waals surface area contributed by atoms with Crippen LogP contribution in [0.15, 0.2) is 41.0 Å². The molecule has 0 aliphatic rings. The van der Waals surface area contributed by atoms with Crippen LogP contribution in [0.25, 0.3) is 11.4 Å². The monoisotopic (exact) mass is 302 g/mol. The Kier molecular flexibility index (Phi) is 3.45. The maximum atomic E-state index is 12.1. The molecule has 2 heterocycles. The van der Waals surface area contributed by atoms with E-state index in [1.807, 2.05) is 19.1 Å². The summed E-state index contributed by atoms with van der Waals surface area (Å²) in [4.78, 5) is 16.3. The first-order valence-corrected chi connectivity index (χ1v) is 6.55. The van der Waals surface area contributed by atoms with E-state index in [1.165, 1.54) is 12.3 Å². The minimum absolute atomic E-state index is 0.0632. The van der Waals surface area contributed by atoms with E-state index in [4.69, 9.17) is 16.0 Å². The Morgan fingerprint density at radius 1 is 1.38 bits per heavy atom. The molecule has 0 saturated heterocycles. The van der Waals surface area contributed by atoms with Gasteiger partial charge in [0.2, 0.25) is 5.22 Å². The minimum Gasteiger partial charge on any atom is -0.452 e. The van der Waals surface area contributed by atoms with Crippen molar-refractivity contribution in [3.05, 3.63) is 53.2 Å². The molecule has 0 fully saturated rings. The predicted octanol–water partition coefficient (Wildman–Crippen LogP) is 3.28. The Hall–Kier alpha value is -2.60. The number of H-pyrrole nitrogens is 1. The predicted molar refractivity (Wildman–Crippen MR) is 78.2 cm³/mol. The van der Waals surface area contributed by atoms with Crippen molar-refractivity contribution in [3.63, 3.8) is 0 Å². The van der Waals surface area contributed by atoms with Crippen LogP contribution in [0.4, 0.5) is 5.69 Å². The quantitative estimate of drug-likeness (QED) is 0.777. The van der Waals surface area contributed by atoms with E-state index in [-0.39, 0.29) is 16.7 Å². The zero-order valence-corrected chi connectivity index (χ0v) is 11.8. The number of amides is 1. The fourth-order valence-electron chi connectivity index (χ4n) is 1.86. The van der Waals surface area contributed by atoms with Gasteiger partial charge in [-0.1, -0.05) is 12.1 Å². The van der Waals surface area contributed by atoms with E-state index in [9.17, 15) is 4.79 Å².